The van der Waals surface area contributed by atoms with Crippen molar-refractivity contribution in [2.75, 3.05) is 21.3 Å². The number of aliphatic imine (C=N–C) groups is 2. The topological polar surface area (TPSA) is 69.5 Å². The minimum atomic E-state index is -0.363. The van der Waals surface area contributed by atoms with Gasteiger partial charge >= 0.3 is 0 Å². The maximum atomic E-state index is 11.2. The van der Waals surface area contributed by atoms with E-state index in [1.807, 2.05) is 12.2 Å². The van der Waals surface area contributed by atoms with Crippen molar-refractivity contribution in [3.63, 3.8) is 0 Å². The lowest BCUT2D eigenvalue weighted by Crippen LogP contribution is -2.15. The summed E-state index contributed by atoms with van der Waals surface area (Å²) in [5, 5.41) is 0. The quantitative estimate of drug-likeness (QED) is 0.731. The van der Waals surface area contributed by atoms with E-state index in [9.17, 15) is 4.79 Å². The molecule has 0 N–H and O–H groups in total. The summed E-state index contributed by atoms with van der Waals surface area (Å²) < 4.78 is 16.0. The summed E-state index contributed by atoms with van der Waals surface area (Å²) in [5.41, 5.74) is 2.09. The number of hydrogen-bond donors (Lipinski definition) is 0. The predicted molar refractivity (Wildman–Crippen MR) is 101 cm³/mol. The Bertz CT molecular complexity index is 760. The van der Waals surface area contributed by atoms with Gasteiger partial charge in [-0.1, -0.05) is 12.2 Å². The number of ether oxygens (including phenoxy) is 3. The highest BCUT2D eigenvalue weighted by molar-refractivity contribution is 6.23. The predicted octanol–water partition coefficient (Wildman–Crippen LogP) is 3.03. The Morgan fingerprint density at radius 3 is 2.16 bits per heavy atom. The molecule has 1 heterocycles. The van der Waals surface area contributed by atoms with Gasteiger partial charge in [-0.2, -0.15) is 0 Å². The minimum absolute atomic E-state index is 0. The van der Waals surface area contributed by atoms with E-state index in [1.54, 1.807) is 39.5 Å². The monoisotopic (exact) mass is 384 g/mol. The number of nitrogens with zero attached hydrogens (tertiary/aromatic N) is 2. The van der Waals surface area contributed by atoms with Crippen LogP contribution in [-0.2, 0) is 4.79 Å². The largest absolute Gasteiger partial charge is 0.493 e. The van der Waals surface area contributed by atoms with Crippen LogP contribution in [0.25, 0.3) is 0 Å². The highest BCUT2D eigenvalue weighted by Gasteiger charge is 2.26. The van der Waals surface area contributed by atoms with Crippen molar-refractivity contribution in [1.82, 2.24) is 0 Å². The Morgan fingerprint density at radius 2 is 1.64 bits per heavy atom. The Hall–Kier alpha value is -2.31. The van der Waals surface area contributed by atoms with Crippen molar-refractivity contribution in [3.8, 4) is 17.2 Å². The van der Waals surface area contributed by atoms with Gasteiger partial charge in [0.05, 0.1) is 38.7 Å². The van der Waals surface area contributed by atoms with Gasteiger partial charge in [0.15, 0.2) is 17.3 Å². The van der Waals surface area contributed by atoms with Crippen molar-refractivity contribution < 1.29 is 19.0 Å². The first-order chi connectivity index (χ1) is 11.2. The van der Waals surface area contributed by atoms with Crippen LogP contribution < -0.4 is 14.2 Å². The summed E-state index contributed by atoms with van der Waals surface area (Å²) >= 11 is 0. The SMILES string of the molecule is COc1cc(C2=NC3=CC=CC(C=O)C3=N2)cc(OC)c1OC.Cl.Cl. The van der Waals surface area contributed by atoms with Crippen molar-refractivity contribution in [3.05, 3.63) is 41.6 Å². The van der Waals surface area contributed by atoms with Gasteiger partial charge in [-0.25, -0.2) is 9.98 Å². The average Bonchev–Trinajstić information content (AvgIpc) is 3.04. The molecule has 1 unspecified atom stereocenters. The number of carbonyl (C=O) groups is 1. The van der Waals surface area contributed by atoms with E-state index < -0.39 is 0 Å². The molecule has 1 aliphatic heterocycles. The lowest BCUT2D eigenvalue weighted by atomic mass is 9.98. The van der Waals surface area contributed by atoms with Crippen LogP contribution in [0.1, 0.15) is 5.56 Å². The van der Waals surface area contributed by atoms with E-state index in [2.05, 4.69) is 9.98 Å². The van der Waals surface area contributed by atoms with E-state index in [-0.39, 0.29) is 30.7 Å². The normalized spacial score (nSPS) is 17.1. The second-order valence-corrected chi connectivity index (χ2v) is 4.95. The molecule has 1 atom stereocenters. The second-order valence-electron chi connectivity index (χ2n) is 4.95. The zero-order valence-corrected chi connectivity index (χ0v) is 15.5. The summed E-state index contributed by atoms with van der Waals surface area (Å²) in [5.74, 6) is 1.71. The number of methoxy groups -OCH3 is 3. The lowest BCUT2D eigenvalue weighted by molar-refractivity contribution is -0.108. The fourth-order valence-electron chi connectivity index (χ4n) is 2.54. The van der Waals surface area contributed by atoms with Crippen molar-refractivity contribution >= 4 is 42.6 Å². The fourth-order valence-corrected chi connectivity index (χ4v) is 2.54. The smallest absolute Gasteiger partial charge is 0.203 e. The molecule has 0 amide bonds. The molecular formula is C17H18Cl2N2O4. The summed E-state index contributed by atoms with van der Waals surface area (Å²) in [6, 6.07) is 3.57. The van der Waals surface area contributed by atoms with Crippen molar-refractivity contribution in [2.45, 2.75) is 0 Å². The van der Waals surface area contributed by atoms with Gasteiger partial charge in [-0.15, -0.1) is 24.8 Å². The van der Waals surface area contributed by atoms with Gasteiger partial charge in [-0.05, 0) is 18.2 Å². The fraction of sp³-hybridized carbons (Fsp3) is 0.235. The third kappa shape index (κ3) is 3.70. The molecule has 0 saturated heterocycles. The molecule has 0 spiro atoms. The van der Waals surface area contributed by atoms with Crippen LogP contribution in [0.4, 0.5) is 0 Å². The molecule has 6 nitrogen and oxygen atoms in total. The van der Waals surface area contributed by atoms with E-state index in [0.717, 1.165) is 11.8 Å². The third-order valence-electron chi connectivity index (χ3n) is 3.67. The van der Waals surface area contributed by atoms with Crippen LogP contribution in [0.3, 0.4) is 0 Å². The number of aldehydes is 1. The number of carbonyl (C=O) groups excluding carboxylic acids is 1. The molecule has 0 radical (unpaired) electrons. The summed E-state index contributed by atoms with van der Waals surface area (Å²) in [6.07, 6.45) is 6.30. The minimum Gasteiger partial charge on any atom is -0.493 e. The van der Waals surface area contributed by atoms with Crippen LogP contribution in [-0.4, -0.2) is 39.2 Å². The lowest BCUT2D eigenvalue weighted by Gasteiger charge is -2.13. The number of rotatable bonds is 5. The van der Waals surface area contributed by atoms with Crippen LogP contribution in [0.15, 0.2) is 46.0 Å². The highest BCUT2D eigenvalue weighted by Crippen LogP contribution is 2.39. The number of benzene rings is 1. The number of hydrogen-bond acceptors (Lipinski definition) is 6. The molecule has 1 aliphatic carbocycles. The molecule has 8 heteroatoms. The highest BCUT2D eigenvalue weighted by atomic mass is 35.5. The van der Waals surface area contributed by atoms with Crippen molar-refractivity contribution in [2.24, 2.45) is 15.9 Å². The molecule has 134 valence electrons. The van der Waals surface area contributed by atoms with Crippen LogP contribution in [0.2, 0.25) is 0 Å². The summed E-state index contributed by atoms with van der Waals surface area (Å²) in [7, 11) is 4.66. The molecule has 1 aromatic rings. The maximum absolute atomic E-state index is 11.2. The van der Waals surface area contributed by atoms with Crippen LogP contribution in [0, 0.1) is 5.92 Å². The Morgan fingerprint density at radius 1 is 1.00 bits per heavy atom. The zero-order chi connectivity index (χ0) is 16.4. The van der Waals surface area contributed by atoms with Gasteiger partial charge in [0.25, 0.3) is 0 Å². The number of amidine groups is 1. The van der Waals surface area contributed by atoms with E-state index in [0.29, 0.717) is 34.5 Å². The Labute approximate surface area is 158 Å². The maximum Gasteiger partial charge on any atom is 0.203 e. The van der Waals surface area contributed by atoms with Gasteiger partial charge in [0, 0.05) is 5.56 Å². The van der Waals surface area contributed by atoms with Crippen LogP contribution in [0.5, 0.6) is 17.2 Å². The Balaban J connectivity index is 0.00000156. The Kier molecular flexibility index (Phi) is 7.21. The summed E-state index contributed by atoms with van der Waals surface area (Å²) in [6.45, 7) is 0. The molecule has 0 fully saturated rings. The molecule has 1 aromatic carbocycles. The molecule has 0 saturated carbocycles. The van der Waals surface area contributed by atoms with Crippen molar-refractivity contribution in [1.29, 1.82) is 0 Å². The first-order valence-corrected chi connectivity index (χ1v) is 7.03. The molecule has 3 rings (SSSR count). The molecule has 25 heavy (non-hydrogen) atoms. The average molecular weight is 385 g/mol. The van der Waals surface area contributed by atoms with Crippen LogP contribution >= 0.6 is 24.8 Å². The van der Waals surface area contributed by atoms with Gasteiger partial charge in [0.2, 0.25) is 5.75 Å². The van der Waals surface area contributed by atoms with E-state index in [1.165, 1.54) is 0 Å². The first-order valence-electron chi connectivity index (χ1n) is 7.03. The number of halogens is 2. The van der Waals surface area contributed by atoms with E-state index in [4.69, 9.17) is 14.2 Å². The van der Waals surface area contributed by atoms with Gasteiger partial charge in [0.1, 0.15) is 6.29 Å². The van der Waals surface area contributed by atoms with Gasteiger partial charge in [-0.3, -0.25) is 0 Å². The molecular weight excluding hydrogens is 367 g/mol. The molecule has 2 aliphatic rings. The summed E-state index contributed by atoms with van der Waals surface area (Å²) in [4.78, 5) is 20.2. The molecule has 0 aromatic heterocycles. The second kappa shape index (κ2) is 8.69. The molecule has 0 bridgehead atoms. The van der Waals surface area contributed by atoms with E-state index >= 15 is 0 Å². The first kappa shape index (κ1) is 20.7. The standard InChI is InChI=1S/C17H16N2O4.2ClH/c1-21-13-7-11(8-14(22-2)16(13)23-3)17-18-12-6-4-5-10(9-20)15(12)19-17;;/h4-10H,1-3H3;2*1H. The zero-order valence-electron chi connectivity index (χ0n) is 13.9. The number of fused-ring (bicyclic) bond motifs is 1. The number of allylic oxidation sites excluding steroid dienone is 4. The van der Waals surface area contributed by atoms with Gasteiger partial charge < -0.3 is 19.0 Å². The third-order valence-corrected chi connectivity index (χ3v) is 3.67.